The van der Waals surface area contributed by atoms with Gasteiger partial charge in [-0.1, -0.05) is 17.3 Å². The molecule has 2 heterocycles. The Hall–Kier alpha value is -2.89. The van der Waals surface area contributed by atoms with Crippen LogP contribution in [-0.2, 0) is 0 Å². The van der Waals surface area contributed by atoms with Crippen molar-refractivity contribution in [2.75, 3.05) is 0 Å². The average Bonchev–Trinajstić information content (AvgIpc) is 2.75. The standard InChI is InChI=1S/C16H16N4O2/c1-10-8-13(9-17-22)11(2)19(10)20-12(3)18-15-7-5-4-6-14(15)16(20)21/h4-9,22H,1-3H3. The van der Waals surface area contributed by atoms with Gasteiger partial charge in [0.1, 0.15) is 5.82 Å². The Balaban J connectivity index is 2.39. The molecule has 0 aliphatic rings. The van der Waals surface area contributed by atoms with Crippen LogP contribution in [0.1, 0.15) is 22.8 Å². The number of oxime groups is 1. The van der Waals surface area contributed by atoms with E-state index in [1.54, 1.807) is 22.3 Å². The van der Waals surface area contributed by atoms with E-state index in [-0.39, 0.29) is 5.56 Å². The maximum Gasteiger partial charge on any atom is 0.280 e. The molecule has 1 aromatic carbocycles. The van der Waals surface area contributed by atoms with E-state index in [0.29, 0.717) is 16.7 Å². The van der Waals surface area contributed by atoms with E-state index in [0.717, 1.165) is 17.0 Å². The van der Waals surface area contributed by atoms with Crippen LogP contribution in [0.25, 0.3) is 10.9 Å². The van der Waals surface area contributed by atoms with E-state index in [2.05, 4.69) is 10.1 Å². The SMILES string of the molecule is Cc1cc(C=NO)c(C)n1-n1c(C)nc2ccccc2c1=O. The topological polar surface area (TPSA) is 72.4 Å². The molecule has 1 N–H and O–H groups in total. The van der Waals surface area contributed by atoms with Crippen molar-refractivity contribution in [3.63, 3.8) is 0 Å². The number of hydrogen-bond acceptors (Lipinski definition) is 4. The molecular formula is C16H16N4O2. The van der Waals surface area contributed by atoms with Crippen LogP contribution in [0.5, 0.6) is 0 Å². The van der Waals surface area contributed by atoms with Crippen LogP contribution >= 0.6 is 0 Å². The van der Waals surface area contributed by atoms with Crippen molar-refractivity contribution in [2.45, 2.75) is 20.8 Å². The van der Waals surface area contributed by atoms with Crippen LogP contribution in [0.15, 0.2) is 40.3 Å². The maximum atomic E-state index is 12.8. The highest BCUT2D eigenvalue weighted by atomic mass is 16.4. The minimum absolute atomic E-state index is 0.127. The van der Waals surface area contributed by atoms with Gasteiger partial charge in [-0.05, 0) is 39.0 Å². The predicted molar refractivity (Wildman–Crippen MR) is 84.8 cm³/mol. The van der Waals surface area contributed by atoms with Gasteiger partial charge < -0.3 is 5.21 Å². The van der Waals surface area contributed by atoms with Gasteiger partial charge in [0.2, 0.25) is 0 Å². The Morgan fingerprint density at radius 1 is 1.18 bits per heavy atom. The largest absolute Gasteiger partial charge is 0.411 e. The minimum atomic E-state index is -0.127. The summed E-state index contributed by atoms with van der Waals surface area (Å²) in [5.41, 5.74) is 2.96. The number of para-hydroxylation sites is 1. The van der Waals surface area contributed by atoms with Crippen molar-refractivity contribution in [1.82, 2.24) is 14.3 Å². The van der Waals surface area contributed by atoms with Crippen molar-refractivity contribution < 1.29 is 5.21 Å². The summed E-state index contributed by atoms with van der Waals surface area (Å²) >= 11 is 0. The van der Waals surface area contributed by atoms with Crippen molar-refractivity contribution in [2.24, 2.45) is 5.16 Å². The van der Waals surface area contributed by atoms with Crippen molar-refractivity contribution in [3.8, 4) is 0 Å². The highest BCUT2D eigenvalue weighted by molar-refractivity contribution is 5.81. The lowest BCUT2D eigenvalue weighted by molar-refractivity contribution is 0.322. The number of hydrogen-bond donors (Lipinski definition) is 1. The quantitative estimate of drug-likeness (QED) is 0.448. The number of benzene rings is 1. The van der Waals surface area contributed by atoms with Gasteiger partial charge in [0, 0.05) is 17.0 Å². The third kappa shape index (κ3) is 2.00. The molecule has 0 aliphatic carbocycles. The van der Waals surface area contributed by atoms with Crippen molar-refractivity contribution in [3.05, 3.63) is 63.5 Å². The molecule has 0 fully saturated rings. The molecule has 0 radical (unpaired) electrons. The second-order valence-electron chi connectivity index (χ2n) is 5.18. The third-order valence-corrected chi connectivity index (χ3v) is 3.75. The summed E-state index contributed by atoms with van der Waals surface area (Å²) in [5.74, 6) is 0.595. The van der Waals surface area contributed by atoms with E-state index in [1.165, 1.54) is 6.21 Å². The normalized spacial score (nSPS) is 11.6. The van der Waals surface area contributed by atoms with Crippen molar-refractivity contribution in [1.29, 1.82) is 0 Å². The van der Waals surface area contributed by atoms with Gasteiger partial charge in [-0.2, -0.15) is 4.68 Å². The van der Waals surface area contributed by atoms with Crippen LogP contribution in [0.3, 0.4) is 0 Å². The molecule has 3 rings (SSSR count). The lowest BCUT2D eigenvalue weighted by atomic mass is 10.2. The summed E-state index contributed by atoms with van der Waals surface area (Å²) in [6, 6.07) is 9.14. The maximum absolute atomic E-state index is 12.8. The Labute approximate surface area is 126 Å². The molecule has 6 heteroatoms. The average molecular weight is 296 g/mol. The Morgan fingerprint density at radius 3 is 2.64 bits per heavy atom. The second-order valence-corrected chi connectivity index (χ2v) is 5.18. The van der Waals surface area contributed by atoms with Crippen LogP contribution in [0.4, 0.5) is 0 Å². The molecule has 0 aliphatic heterocycles. The molecule has 0 saturated carbocycles. The summed E-state index contributed by atoms with van der Waals surface area (Å²) in [6.07, 6.45) is 1.35. The predicted octanol–water partition coefficient (Wildman–Crippen LogP) is 2.24. The van der Waals surface area contributed by atoms with Crippen LogP contribution in [0.2, 0.25) is 0 Å². The summed E-state index contributed by atoms with van der Waals surface area (Å²) in [5, 5.41) is 12.4. The molecule has 0 atom stereocenters. The molecule has 112 valence electrons. The zero-order chi connectivity index (χ0) is 15.9. The van der Waals surface area contributed by atoms with Crippen LogP contribution in [0, 0.1) is 20.8 Å². The highest BCUT2D eigenvalue weighted by Gasteiger charge is 2.15. The molecule has 0 bridgehead atoms. The van der Waals surface area contributed by atoms with Gasteiger partial charge in [-0.3, -0.25) is 9.47 Å². The van der Waals surface area contributed by atoms with E-state index in [4.69, 9.17) is 5.21 Å². The molecule has 0 unspecified atom stereocenters. The lowest BCUT2D eigenvalue weighted by Crippen LogP contribution is -2.30. The lowest BCUT2D eigenvalue weighted by Gasteiger charge is -2.16. The molecule has 6 nitrogen and oxygen atoms in total. The van der Waals surface area contributed by atoms with Gasteiger partial charge in [0.05, 0.1) is 17.1 Å². The zero-order valence-corrected chi connectivity index (χ0v) is 12.6. The molecule has 0 spiro atoms. The summed E-state index contributed by atoms with van der Waals surface area (Å²) < 4.78 is 3.33. The third-order valence-electron chi connectivity index (χ3n) is 3.75. The molecule has 3 aromatic rings. The first-order valence-corrected chi connectivity index (χ1v) is 6.90. The molecule has 0 amide bonds. The second kappa shape index (κ2) is 5.14. The Morgan fingerprint density at radius 2 is 1.91 bits per heavy atom. The smallest absolute Gasteiger partial charge is 0.280 e. The number of nitrogens with zero attached hydrogens (tertiary/aromatic N) is 4. The monoisotopic (exact) mass is 296 g/mol. The first-order chi connectivity index (χ1) is 10.5. The molecular weight excluding hydrogens is 280 g/mol. The summed E-state index contributed by atoms with van der Waals surface area (Å²) in [6.45, 7) is 5.56. The fourth-order valence-corrected chi connectivity index (χ4v) is 2.75. The highest BCUT2D eigenvalue weighted by Crippen LogP contribution is 2.15. The fraction of sp³-hybridized carbons (Fsp3) is 0.188. The van der Waals surface area contributed by atoms with Gasteiger partial charge in [-0.15, -0.1) is 0 Å². The van der Waals surface area contributed by atoms with Gasteiger partial charge in [0.25, 0.3) is 5.56 Å². The zero-order valence-electron chi connectivity index (χ0n) is 12.6. The number of fused-ring (bicyclic) bond motifs is 1. The van der Waals surface area contributed by atoms with E-state index < -0.39 is 0 Å². The Bertz CT molecular complexity index is 951. The molecule has 2 aromatic heterocycles. The first-order valence-electron chi connectivity index (χ1n) is 6.90. The minimum Gasteiger partial charge on any atom is -0.411 e. The number of aromatic nitrogens is 3. The summed E-state index contributed by atoms with van der Waals surface area (Å²) in [7, 11) is 0. The van der Waals surface area contributed by atoms with E-state index >= 15 is 0 Å². The van der Waals surface area contributed by atoms with Crippen LogP contribution < -0.4 is 5.56 Å². The van der Waals surface area contributed by atoms with Gasteiger partial charge in [-0.25, -0.2) is 4.98 Å². The summed E-state index contributed by atoms with van der Waals surface area (Å²) in [4.78, 5) is 17.3. The van der Waals surface area contributed by atoms with E-state index in [1.807, 2.05) is 38.1 Å². The van der Waals surface area contributed by atoms with Crippen LogP contribution in [-0.4, -0.2) is 25.8 Å². The Kier molecular flexibility index (Phi) is 3.29. The molecule has 0 saturated heterocycles. The first kappa shape index (κ1) is 14.1. The van der Waals surface area contributed by atoms with Gasteiger partial charge >= 0.3 is 0 Å². The molecule has 22 heavy (non-hydrogen) atoms. The van der Waals surface area contributed by atoms with E-state index in [9.17, 15) is 4.79 Å². The van der Waals surface area contributed by atoms with Gasteiger partial charge in [0.15, 0.2) is 0 Å². The number of rotatable bonds is 2. The number of aryl methyl sites for hydroxylation is 2. The fourth-order valence-electron chi connectivity index (χ4n) is 2.75. The van der Waals surface area contributed by atoms with Crippen molar-refractivity contribution >= 4 is 17.1 Å².